The highest BCUT2D eigenvalue weighted by Crippen LogP contribution is 2.28. The summed E-state index contributed by atoms with van der Waals surface area (Å²) in [7, 11) is 0. The van der Waals surface area contributed by atoms with E-state index in [0.717, 1.165) is 11.3 Å². The van der Waals surface area contributed by atoms with Crippen molar-refractivity contribution < 1.29 is 5.11 Å². The van der Waals surface area contributed by atoms with Gasteiger partial charge < -0.3 is 5.11 Å². The molecule has 0 saturated heterocycles. The Morgan fingerprint density at radius 1 is 1.35 bits per heavy atom. The molecule has 4 nitrogen and oxygen atoms in total. The maximum atomic E-state index is 11.4. The van der Waals surface area contributed by atoms with Crippen LogP contribution in [-0.4, -0.2) is 16.3 Å². The van der Waals surface area contributed by atoms with Gasteiger partial charge in [-0.05, 0) is 37.0 Å². The van der Waals surface area contributed by atoms with E-state index in [1.54, 1.807) is 24.6 Å². The third kappa shape index (κ3) is 2.72. The molecule has 0 atom stereocenters. The van der Waals surface area contributed by atoms with Crippen LogP contribution in [0.3, 0.4) is 0 Å². The maximum absolute atomic E-state index is 11.4. The zero-order chi connectivity index (χ0) is 14.7. The maximum Gasteiger partial charge on any atom is 0.268 e. The molecule has 5 heteroatoms. The number of nitrogens with zero attached hydrogens (tertiary/aromatic N) is 1. The van der Waals surface area contributed by atoms with Gasteiger partial charge in [-0.25, -0.2) is 0 Å². The Labute approximate surface area is 120 Å². The van der Waals surface area contributed by atoms with Crippen molar-refractivity contribution in [3.05, 3.63) is 67.7 Å². The number of thioether (sulfide) groups is 1. The lowest BCUT2D eigenvalue weighted by Gasteiger charge is -2.06. The molecule has 0 unspecified atom stereocenters. The van der Waals surface area contributed by atoms with E-state index in [4.69, 9.17) is 0 Å². The van der Waals surface area contributed by atoms with Gasteiger partial charge in [0.1, 0.15) is 0 Å². The average Bonchev–Trinajstić information content (AvgIpc) is 2.45. The Morgan fingerprint density at radius 3 is 2.70 bits per heavy atom. The quantitative estimate of drug-likeness (QED) is 0.689. The minimum atomic E-state index is -0.811. The second-order valence-electron chi connectivity index (χ2n) is 4.21. The molecule has 2 aromatic rings. The van der Waals surface area contributed by atoms with Gasteiger partial charge in [0.2, 0.25) is 5.43 Å². The van der Waals surface area contributed by atoms with Crippen LogP contribution in [0.5, 0.6) is 5.75 Å². The van der Waals surface area contributed by atoms with Gasteiger partial charge in [0.25, 0.3) is 5.43 Å². The molecule has 1 aromatic carbocycles. The summed E-state index contributed by atoms with van der Waals surface area (Å²) in [6.45, 7) is 1.90. The normalized spacial score (nSPS) is 12.4. The summed E-state index contributed by atoms with van der Waals surface area (Å²) in [6.07, 6.45) is 8.85. The molecule has 2 rings (SSSR count). The number of pyridine rings is 1. The molecular formula is C15H13NO3S. The van der Waals surface area contributed by atoms with Crippen LogP contribution in [0.15, 0.2) is 40.1 Å². The number of aromatic hydroxyl groups is 1. The van der Waals surface area contributed by atoms with Crippen molar-refractivity contribution in [3.8, 4) is 5.75 Å². The van der Waals surface area contributed by atoms with Gasteiger partial charge in [0.15, 0.2) is 5.75 Å². The molecule has 1 heterocycles. The van der Waals surface area contributed by atoms with Crippen LogP contribution in [0, 0.1) is 6.92 Å². The molecular weight excluding hydrogens is 274 g/mol. The molecule has 1 N–H and O–H groups in total. The fraction of sp³-hybridized carbons (Fsp3) is 0.133. The van der Waals surface area contributed by atoms with Crippen LogP contribution >= 0.6 is 11.8 Å². The molecule has 0 aliphatic carbocycles. The van der Waals surface area contributed by atoms with Gasteiger partial charge in [-0.2, -0.15) is 0 Å². The van der Waals surface area contributed by atoms with E-state index < -0.39 is 16.6 Å². The summed E-state index contributed by atoms with van der Waals surface area (Å²) < 4.78 is 0. The number of aromatic nitrogens is 1. The van der Waals surface area contributed by atoms with Crippen LogP contribution in [0.1, 0.15) is 16.8 Å². The number of aryl methyl sites for hydroxylation is 1. The van der Waals surface area contributed by atoms with Gasteiger partial charge in [0.05, 0.1) is 5.56 Å². The highest BCUT2D eigenvalue weighted by atomic mass is 32.2. The largest absolute Gasteiger partial charge is 0.503 e. The molecule has 0 spiro atoms. The Kier molecular flexibility index (Phi) is 4.20. The van der Waals surface area contributed by atoms with E-state index in [1.807, 2.05) is 25.1 Å². The predicted molar refractivity (Wildman–Crippen MR) is 82.5 cm³/mol. The van der Waals surface area contributed by atoms with Crippen LogP contribution in [0.2, 0.25) is 0 Å². The first kappa shape index (κ1) is 14.3. The lowest BCUT2D eigenvalue weighted by Crippen LogP contribution is -2.33. The molecule has 0 radical (unpaired) electrons. The minimum Gasteiger partial charge on any atom is -0.503 e. The highest BCUT2D eigenvalue weighted by molar-refractivity contribution is 8.07. The smallest absolute Gasteiger partial charge is 0.268 e. The van der Waals surface area contributed by atoms with Crippen LogP contribution < -0.4 is 10.9 Å². The van der Waals surface area contributed by atoms with Crippen molar-refractivity contribution in [1.82, 2.24) is 4.98 Å². The zero-order valence-electron chi connectivity index (χ0n) is 11.1. The Bertz CT molecular complexity index is 768. The Hall–Kier alpha value is -2.14. The van der Waals surface area contributed by atoms with Crippen molar-refractivity contribution in [2.24, 2.45) is 0 Å². The third-order valence-electron chi connectivity index (χ3n) is 2.81. The molecule has 0 aliphatic heterocycles. The SMILES string of the molecule is CS/C(=C\C=C\c1ccnc(C)c1)c1c(O)c(=O)c1=O. The number of hydrogen-bond donors (Lipinski definition) is 1. The van der Waals surface area contributed by atoms with Crippen molar-refractivity contribution in [2.75, 3.05) is 6.26 Å². The second-order valence-corrected chi connectivity index (χ2v) is 5.05. The lowest BCUT2D eigenvalue weighted by molar-refractivity contribution is 0.461. The number of rotatable bonds is 4. The number of hydrogen-bond acceptors (Lipinski definition) is 5. The number of allylic oxidation sites excluding steroid dienone is 2. The summed E-state index contributed by atoms with van der Waals surface area (Å²) in [4.78, 5) is 27.1. The zero-order valence-corrected chi connectivity index (χ0v) is 11.9. The van der Waals surface area contributed by atoms with Crippen LogP contribution in [0.4, 0.5) is 0 Å². The Morgan fingerprint density at radius 2 is 2.10 bits per heavy atom. The summed E-state index contributed by atoms with van der Waals surface area (Å²) in [6, 6.07) is 3.79. The van der Waals surface area contributed by atoms with E-state index in [9.17, 15) is 14.7 Å². The molecule has 0 bridgehead atoms. The highest BCUT2D eigenvalue weighted by Gasteiger charge is 2.22. The summed E-state index contributed by atoms with van der Waals surface area (Å²) in [5.41, 5.74) is 0.577. The molecule has 0 fully saturated rings. The predicted octanol–water partition coefficient (Wildman–Crippen LogP) is 2.11. The van der Waals surface area contributed by atoms with Crippen LogP contribution in [-0.2, 0) is 0 Å². The summed E-state index contributed by atoms with van der Waals surface area (Å²) in [5, 5.41) is 9.42. The van der Waals surface area contributed by atoms with Crippen molar-refractivity contribution in [2.45, 2.75) is 6.92 Å². The first-order valence-electron chi connectivity index (χ1n) is 5.92. The van der Waals surface area contributed by atoms with Gasteiger partial charge >= 0.3 is 0 Å². The first-order chi connectivity index (χ1) is 9.54. The molecule has 0 aliphatic rings. The molecule has 0 amide bonds. The van der Waals surface area contributed by atoms with Crippen molar-refractivity contribution in [3.63, 3.8) is 0 Å². The fourth-order valence-corrected chi connectivity index (χ4v) is 2.39. The molecule has 1 aromatic heterocycles. The van der Waals surface area contributed by atoms with Gasteiger partial charge in [-0.3, -0.25) is 14.6 Å². The Balaban J connectivity index is 2.25. The fourth-order valence-electron chi connectivity index (χ4n) is 1.78. The van der Waals surface area contributed by atoms with E-state index in [1.165, 1.54) is 11.8 Å². The van der Waals surface area contributed by atoms with E-state index in [0.29, 0.717) is 4.91 Å². The lowest BCUT2D eigenvalue weighted by atomic mass is 10.1. The van der Waals surface area contributed by atoms with Gasteiger partial charge in [-0.1, -0.05) is 12.2 Å². The summed E-state index contributed by atoms with van der Waals surface area (Å²) >= 11 is 1.31. The van der Waals surface area contributed by atoms with Crippen molar-refractivity contribution in [1.29, 1.82) is 0 Å². The third-order valence-corrected chi connectivity index (χ3v) is 3.59. The van der Waals surface area contributed by atoms with Crippen molar-refractivity contribution >= 4 is 22.7 Å². The monoisotopic (exact) mass is 287 g/mol. The standard InChI is InChI=1S/C15H13NO3S/c1-9-8-10(6-7-16-9)4-3-5-11(20-2)12-13(17)15(19)14(12)18/h3-8,17H,1-2H3/b4-3+,11-5-. The molecule has 0 saturated carbocycles. The van der Waals surface area contributed by atoms with E-state index in [-0.39, 0.29) is 5.56 Å². The average molecular weight is 287 g/mol. The minimum absolute atomic E-state index is 0.109. The van der Waals surface area contributed by atoms with E-state index >= 15 is 0 Å². The van der Waals surface area contributed by atoms with Crippen LogP contribution in [0.25, 0.3) is 11.0 Å². The molecule has 20 heavy (non-hydrogen) atoms. The topological polar surface area (TPSA) is 67.3 Å². The summed E-state index contributed by atoms with van der Waals surface area (Å²) in [5.74, 6) is -0.441. The van der Waals surface area contributed by atoms with Gasteiger partial charge in [-0.15, -0.1) is 11.8 Å². The molecule has 102 valence electrons. The van der Waals surface area contributed by atoms with Gasteiger partial charge in [0, 0.05) is 16.8 Å². The first-order valence-corrected chi connectivity index (χ1v) is 7.14. The second kappa shape index (κ2) is 5.88. The van der Waals surface area contributed by atoms with E-state index in [2.05, 4.69) is 4.98 Å².